The largest absolute Gasteiger partial charge is 0.493 e. The molecule has 5 nitrogen and oxygen atoms in total. The Morgan fingerprint density at radius 2 is 1.91 bits per heavy atom. The van der Waals surface area contributed by atoms with Gasteiger partial charge in [-0.3, -0.25) is 9.69 Å². The zero-order chi connectivity index (χ0) is 16.8. The molecule has 0 bridgehead atoms. The van der Waals surface area contributed by atoms with Gasteiger partial charge in [-0.2, -0.15) is 0 Å². The van der Waals surface area contributed by atoms with Crippen molar-refractivity contribution in [2.45, 2.75) is 39.3 Å². The van der Waals surface area contributed by atoms with E-state index in [1.54, 1.807) is 14.2 Å². The van der Waals surface area contributed by atoms with Gasteiger partial charge in [0.15, 0.2) is 11.5 Å². The van der Waals surface area contributed by atoms with Crippen molar-refractivity contribution in [3.63, 3.8) is 0 Å². The number of piperidine rings is 1. The minimum Gasteiger partial charge on any atom is -0.493 e. The molecule has 1 amide bonds. The summed E-state index contributed by atoms with van der Waals surface area (Å²) in [4.78, 5) is 14.6. The maximum atomic E-state index is 12.4. The van der Waals surface area contributed by atoms with E-state index in [1.807, 2.05) is 25.1 Å². The molecule has 5 heteroatoms. The summed E-state index contributed by atoms with van der Waals surface area (Å²) in [5.74, 6) is 2.22. The second-order valence-electron chi connectivity index (χ2n) is 6.30. The molecule has 1 aromatic carbocycles. The van der Waals surface area contributed by atoms with Crippen LogP contribution in [0.15, 0.2) is 18.2 Å². The van der Waals surface area contributed by atoms with E-state index in [9.17, 15) is 4.79 Å². The molecule has 1 heterocycles. The molecule has 0 unspecified atom stereocenters. The van der Waals surface area contributed by atoms with Crippen molar-refractivity contribution in [3.8, 4) is 11.5 Å². The standard InChI is InChI=1S/C18H28N2O3/c1-13-7-9-20(10-8-13)14(2)18(21)19-12-15-5-6-16(22-3)17(11-15)23-4/h5-6,11,13-14H,7-10,12H2,1-4H3,(H,19,21)/t14-/m1/s1. The summed E-state index contributed by atoms with van der Waals surface area (Å²) in [5.41, 5.74) is 0.996. The van der Waals surface area contributed by atoms with Crippen LogP contribution in [-0.2, 0) is 11.3 Å². The molecule has 1 saturated heterocycles. The highest BCUT2D eigenvalue weighted by Gasteiger charge is 2.24. The first-order chi connectivity index (χ1) is 11.0. The Kier molecular flexibility index (Phi) is 6.28. The van der Waals surface area contributed by atoms with Crippen LogP contribution in [0.25, 0.3) is 0 Å². The smallest absolute Gasteiger partial charge is 0.237 e. The number of nitrogens with one attached hydrogen (secondary N) is 1. The number of carbonyl (C=O) groups is 1. The van der Waals surface area contributed by atoms with Crippen LogP contribution in [-0.4, -0.2) is 44.2 Å². The van der Waals surface area contributed by atoms with Gasteiger partial charge in [0.2, 0.25) is 5.91 Å². The van der Waals surface area contributed by atoms with Gasteiger partial charge in [0.05, 0.1) is 20.3 Å². The monoisotopic (exact) mass is 320 g/mol. The average molecular weight is 320 g/mol. The first-order valence-electron chi connectivity index (χ1n) is 8.27. The zero-order valence-electron chi connectivity index (χ0n) is 14.6. The minimum atomic E-state index is -0.0809. The number of ether oxygens (including phenoxy) is 2. The SMILES string of the molecule is COc1ccc(CNC(=O)[C@@H](C)N2CCC(C)CC2)cc1OC. The maximum Gasteiger partial charge on any atom is 0.237 e. The number of amides is 1. The van der Waals surface area contributed by atoms with E-state index in [2.05, 4.69) is 17.1 Å². The molecule has 128 valence electrons. The summed E-state index contributed by atoms with van der Waals surface area (Å²) < 4.78 is 10.5. The number of carbonyl (C=O) groups excluding carboxylic acids is 1. The molecule has 1 fully saturated rings. The summed E-state index contributed by atoms with van der Waals surface area (Å²) in [6.45, 7) is 6.77. The summed E-state index contributed by atoms with van der Waals surface area (Å²) in [6.07, 6.45) is 2.35. The molecule has 0 spiro atoms. The molecule has 1 N–H and O–H groups in total. The second kappa shape index (κ2) is 8.20. The van der Waals surface area contributed by atoms with Crippen molar-refractivity contribution < 1.29 is 14.3 Å². The number of hydrogen-bond donors (Lipinski definition) is 1. The summed E-state index contributed by atoms with van der Waals surface area (Å²) in [5, 5.41) is 3.02. The number of methoxy groups -OCH3 is 2. The van der Waals surface area contributed by atoms with Crippen LogP contribution in [0.4, 0.5) is 0 Å². The minimum absolute atomic E-state index is 0.0781. The topological polar surface area (TPSA) is 50.8 Å². The van der Waals surface area contributed by atoms with E-state index >= 15 is 0 Å². The molecule has 0 aliphatic carbocycles. The Hall–Kier alpha value is -1.75. The van der Waals surface area contributed by atoms with Crippen LogP contribution >= 0.6 is 0 Å². The van der Waals surface area contributed by atoms with Crippen molar-refractivity contribution in [3.05, 3.63) is 23.8 Å². The molecule has 1 atom stereocenters. The first kappa shape index (κ1) is 17.6. The Balaban J connectivity index is 1.88. The predicted octanol–water partition coefficient (Wildman–Crippen LogP) is 2.44. The lowest BCUT2D eigenvalue weighted by molar-refractivity contribution is -0.126. The lowest BCUT2D eigenvalue weighted by Crippen LogP contribution is -2.47. The molecule has 1 aromatic rings. The highest BCUT2D eigenvalue weighted by Crippen LogP contribution is 2.27. The molecule has 0 aromatic heterocycles. The van der Waals surface area contributed by atoms with Gasteiger partial charge in [-0.05, 0) is 56.5 Å². The van der Waals surface area contributed by atoms with Crippen molar-refractivity contribution in [2.24, 2.45) is 5.92 Å². The second-order valence-corrected chi connectivity index (χ2v) is 6.30. The van der Waals surface area contributed by atoms with Crippen molar-refractivity contribution in [2.75, 3.05) is 27.3 Å². The fourth-order valence-corrected chi connectivity index (χ4v) is 2.91. The van der Waals surface area contributed by atoms with Crippen LogP contribution < -0.4 is 14.8 Å². The van der Waals surface area contributed by atoms with Gasteiger partial charge in [-0.25, -0.2) is 0 Å². The average Bonchev–Trinajstić information content (AvgIpc) is 2.59. The number of rotatable bonds is 6. The van der Waals surface area contributed by atoms with Crippen LogP contribution in [0.5, 0.6) is 11.5 Å². The number of benzene rings is 1. The third-order valence-corrected chi connectivity index (χ3v) is 4.66. The van der Waals surface area contributed by atoms with Gasteiger partial charge in [0.1, 0.15) is 0 Å². The molecule has 1 aliphatic rings. The van der Waals surface area contributed by atoms with E-state index in [0.717, 1.165) is 24.6 Å². The van der Waals surface area contributed by atoms with E-state index < -0.39 is 0 Å². The Labute approximate surface area is 139 Å². The molecule has 2 rings (SSSR count). The molecule has 0 saturated carbocycles. The van der Waals surface area contributed by atoms with Crippen molar-refractivity contribution in [1.82, 2.24) is 10.2 Å². The fourth-order valence-electron chi connectivity index (χ4n) is 2.91. The third-order valence-electron chi connectivity index (χ3n) is 4.66. The van der Waals surface area contributed by atoms with Gasteiger partial charge >= 0.3 is 0 Å². The zero-order valence-corrected chi connectivity index (χ0v) is 14.6. The first-order valence-corrected chi connectivity index (χ1v) is 8.27. The van der Waals surface area contributed by atoms with E-state index in [4.69, 9.17) is 9.47 Å². The molecular weight excluding hydrogens is 292 g/mol. The summed E-state index contributed by atoms with van der Waals surface area (Å²) in [7, 11) is 3.22. The molecule has 23 heavy (non-hydrogen) atoms. The van der Waals surface area contributed by atoms with E-state index in [-0.39, 0.29) is 11.9 Å². The van der Waals surface area contributed by atoms with Gasteiger partial charge in [0, 0.05) is 6.54 Å². The Morgan fingerprint density at radius 1 is 1.26 bits per heavy atom. The van der Waals surface area contributed by atoms with Crippen LogP contribution in [0.3, 0.4) is 0 Å². The van der Waals surface area contributed by atoms with Crippen molar-refractivity contribution in [1.29, 1.82) is 0 Å². The lowest BCUT2D eigenvalue weighted by Gasteiger charge is -2.34. The van der Waals surface area contributed by atoms with Gasteiger partial charge in [0.25, 0.3) is 0 Å². The third kappa shape index (κ3) is 4.61. The normalized spacial score (nSPS) is 17.6. The summed E-state index contributed by atoms with van der Waals surface area (Å²) >= 11 is 0. The fraction of sp³-hybridized carbons (Fsp3) is 0.611. The quantitative estimate of drug-likeness (QED) is 0.875. The van der Waals surface area contributed by atoms with Crippen LogP contribution in [0.2, 0.25) is 0 Å². The van der Waals surface area contributed by atoms with Gasteiger partial charge in [-0.1, -0.05) is 13.0 Å². The number of likely N-dealkylation sites (tertiary alicyclic amines) is 1. The molecular formula is C18H28N2O3. The van der Waals surface area contributed by atoms with E-state index in [0.29, 0.717) is 18.0 Å². The Bertz CT molecular complexity index is 525. The maximum absolute atomic E-state index is 12.4. The lowest BCUT2D eigenvalue weighted by atomic mass is 9.98. The molecule has 1 aliphatic heterocycles. The Morgan fingerprint density at radius 3 is 2.52 bits per heavy atom. The van der Waals surface area contributed by atoms with Gasteiger partial charge in [-0.15, -0.1) is 0 Å². The van der Waals surface area contributed by atoms with Crippen LogP contribution in [0.1, 0.15) is 32.3 Å². The van der Waals surface area contributed by atoms with E-state index in [1.165, 1.54) is 12.8 Å². The highest BCUT2D eigenvalue weighted by molar-refractivity contribution is 5.81. The summed E-state index contributed by atoms with van der Waals surface area (Å²) in [6, 6.07) is 5.61. The number of hydrogen-bond acceptors (Lipinski definition) is 4. The van der Waals surface area contributed by atoms with Crippen molar-refractivity contribution >= 4 is 5.91 Å². The van der Waals surface area contributed by atoms with Crippen LogP contribution in [0, 0.1) is 5.92 Å². The molecule has 0 radical (unpaired) electrons. The predicted molar refractivity (Wildman–Crippen MR) is 90.8 cm³/mol. The highest BCUT2D eigenvalue weighted by atomic mass is 16.5. The number of nitrogens with zero attached hydrogens (tertiary/aromatic N) is 1. The van der Waals surface area contributed by atoms with Gasteiger partial charge < -0.3 is 14.8 Å².